The lowest BCUT2D eigenvalue weighted by Crippen LogP contribution is -2.42. The summed E-state index contributed by atoms with van der Waals surface area (Å²) in [5.41, 5.74) is 8.60. The van der Waals surface area contributed by atoms with E-state index in [-0.39, 0.29) is 21.8 Å². The number of fused-ring (bicyclic) bond motifs is 3. The number of hydrogen-bond donors (Lipinski definition) is 0. The Labute approximate surface area is 238 Å². The van der Waals surface area contributed by atoms with E-state index in [2.05, 4.69) is 145 Å². The number of carbonyl (C=O) groups is 1. The number of allylic oxidation sites excluding steroid dienone is 4. The predicted molar refractivity (Wildman–Crippen MR) is 165 cm³/mol. The molecule has 1 saturated carbocycles. The molecule has 3 heteroatoms. The molecular formula is C36H28OS2. The molecule has 39 heavy (non-hydrogen) atoms. The third-order valence-corrected chi connectivity index (χ3v) is 13.0. The molecule has 4 aromatic rings. The van der Waals surface area contributed by atoms with Gasteiger partial charge in [-0.3, -0.25) is 4.79 Å². The number of benzene rings is 4. The Morgan fingerprint density at radius 2 is 1.05 bits per heavy atom. The monoisotopic (exact) mass is 540 g/mol. The van der Waals surface area contributed by atoms with Gasteiger partial charge >= 0.3 is 0 Å². The van der Waals surface area contributed by atoms with Gasteiger partial charge < -0.3 is 0 Å². The first-order chi connectivity index (χ1) is 19.3. The smallest absolute Gasteiger partial charge is 0.161 e. The first kappa shape index (κ1) is 23.6. The lowest BCUT2D eigenvalue weighted by molar-refractivity contribution is -0.119. The molecule has 0 radical (unpaired) electrons. The van der Waals surface area contributed by atoms with Gasteiger partial charge in [0.25, 0.3) is 0 Å². The van der Waals surface area contributed by atoms with Gasteiger partial charge in [-0.25, -0.2) is 0 Å². The minimum Gasteiger partial charge on any atom is -0.294 e. The molecule has 1 aliphatic heterocycles. The van der Waals surface area contributed by atoms with Crippen molar-refractivity contribution < 1.29 is 4.79 Å². The zero-order chi connectivity index (χ0) is 26.0. The summed E-state index contributed by atoms with van der Waals surface area (Å²) in [5.74, 6) is 2.70. The predicted octanol–water partition coefficient (Wildman–Crippen LogP) is 8.25. The highest BCUT2D eigenvalue weighted by molar-refractivity contribution is 8.21. The van der Waals surface area contributed by atoms with E-state index in [0.29, 0.717) is 5.78 Å². The fraction of sp³-hybridized carbons (Fsp3) is 0.194. The fourth-order valence-electron chi connectivity index (χ4n) is 8.19. The maximum atomic E-state index is 14.5. The maximum Gasteiger partial charge on any atom is 0.161 e. The number of thioether (sulfide) groups is 2. The molecule has 1 saturated heterocycles. The topological polar surface area (TPSA) is 17.1 Å². The summed E-state index contributed by atoms with van der Waals surface area (Å²) in [6.07, 6.45) is 2.01. The normalized spacial score (nSPS) is 28.3. The van der Waals surface area contributed by atoms with E-state index >= 15 is 0 Å². The van der Waals surface area contributed by atoms with Crippen LogP contribution in [0.3, 0.4) is 0 Å². The Balaban J connectivity index is 1.51. The van der Waals surface area contributed by atoms with Gasteiger partial charge in [-0.15, -0.1) is 23.5 Å². The van der Waals surface area contributed by atoms with E-state index in [9.17, 15) is 4.79 Å². The molecule has 2 fully saturated rings. The first-order valence-corrected chi connectivity index (χ1v) is 15.7. The van der Waals surface area contributed by atoms with Crippen LogP contribution in [-0.4, -0.2) is 21.4 Å². The fourth-order valence-corrected chi connectivity index (χ4v) is 12.1. The molecule has 0 N–H and O–H groups in total. The van der Waals surface area contributed by atoms with Crippen molar-refractivity contribution >= 4 is 46.0 Å². The van der Waals surface area contributed by atoms with Gasteiger partial charge in [0, 0.05) is 34.7 Å². The van der Waals surface area contributed by atoms with Gasteiger partial charge in [-0.1, -0.05) is 121 Å². The minimum absolute atomic E-state index is 0.0825. The SMILES string of the molecule is O=C1C=C(c2ccccc2)[C@]2(c3ccccc3)[C@H]1[C@@H]1C(c3ccccc3)=C(c3ccccc3)[C@@H]2C12SCCS2. The second-order valence-electron chi connectivity index (χ2n) is 10.9. The van der Waals surface area contributed by atoms with E-state index in [1.54, 1.807) is 0 Å². The van der Waals surface area contributed by atoms with Crippen molar-refractivity contribution in [2.45, 2.75) is 9.49 Å². The van der Waals surface area contributed by atoms with E-state index in [0.717, 1.165) is 11.5 Å². The maximum absolute atomic E-state index is 14.5. The Hall–Kier alpha value is -3.27. The van der Waals surface area contributed by atoms with Crippen molar-refractivity contribution in [1.29, 1.82) is 0 Å². The number of ketones is 1. The van der Waals surface area contributed by atoms with Crippen LogP contribution in [0.15, 0.2) is 127 Å². The van der Waals surface area contributed by atoms with Crippen LogP contribution in [0.5, 0.6) is 0 Å². The third-order valence-electron chi connectivity index (χ3n) is 9.29. The second kappa shape index (κ2) is 8.87. The summed E-state index contributed by atoms with van der Waals surface area (Å²) in [5, 5.41) is 0. The van der Waals surface area contributed by atoms with Crippen LogP contribution in [-0.2, 0) is 10.2 Å². The van der Waals surface area contributed by atoms with E-state index in [4.69, 9.17) is 0 Å². The number of carbonyl (C=O) groups excluding carboxylic acids is 1. The highest BCUT2D eigenvalue weighted by Gasteiger charge is 2.78. The molecule has 4 aromatic carbocycles. The molecule has 0 unspecified atom stereocenters. The second-order valence-corrected chi connectivity index (χ2v) is 13.9. The summed E-state index contributed by atoms with van der Waals surface area (Å²) < 4.78 is -0.0825. The molecule has 8 rings (SSSR count). The molecule has 0 amide bonds. The van der Waals surface area contributed by atoms with Crippen LogP contribution in [0.4, 0.5) is 0 Å². The molecule has 2 bridgehead atoms. The summed E-state index contributed by atoms with van der Waals surface area (Å²) in [6.45, 7) is 0. The van der Waals surface area contributed by atoms with Crippen LogP contribution in [0.1, 0.15) is 22.3 Å². The molecule has 190 valence electrons. The van der Waals surface area contributed by atoms with Crippen LogP contribution in [0.2, 0.25) is 0 Å². The van der Waals surface area contributed by atoms with Gasteiger partial charge in [0.2, 0.25) is 0 Å². The summed E-state index contributed by atoms with van der Waals surface area (Å²) >= 11 is 4.24. The van der Waals surface area contributed by atoms with Crippen LogP contribution < -0.4 is 0 Å². The van der Waals surface area contributed by atoms with Crippen molar-refractivity contribution in [1.82, 2.24) is 0 Å². The Bertz CT molecular complexity index is 1620. The molecule has 0 aromatic heterocycles. The molecule has 4 atom stereocenters. The average Bonchev–Trinajstić information content (AvgIpc) is 3.74. The third kappa shape index (κ3) is 3.09. The van der Waals surface area contributed by atoms with Crippen molar-refractivity contribution in [2.24, 2.45) is 17.8 Å². The molecule has 1 spiro atoms. The summed E-state index contributed by atoms with van der Waals surface area (Å²) in [4.78, 5) is 14.5. The highest BCUT2D eigenvalue weighted by Crippen LogP contribution is 2.82. The highest BCUT2D eigenvalue weighted by atomic mass is 32.2. The van der Waals surface area contributed by atoms with Gasteiger partial charge in [0.1, 0.15) is 0 Å². The van der Waals surface area contributed by atoms with Gasteiger partial charge in [0.15, 0.2) is 5.78 Å². The number of rotatable bonds is 4. The standard InChI is InChI=1S/C36H28OS2/c37-29-23-28(24-13-5-1-6-14-24)35(27-19-11-4-12-20-27)32(29)33-30(25-15-7-2-8-16-25)31(26-17-9-3-10-18-26)34(35)36(33)38-21-22-39-36/h1-20,23,32-34H,21-22H2/t32-,33+,34+,35-/m1/s1. The lowest BCUT2D eigenvalue weighted by Gasteiger charge is -2.44. The molecule has 4 aliphatic rings. The van der Waals surface area contributed by atoms with Crippen molar-refractivity contribution in [3.63, 3.8) is 0 Å². The molecule has 1 heterocycles. The van der Waals surface area contributed by atoms with Crippen molar-refractivity contribution in [3.8, 4) is 0 Å². The molecule has 1 nitrogen and oxygen atoms in total. The average molecular weight is 541 g/mol. The van der Waals surface area contributed by atoms with Gasteiger partial charge in [-0.2, -0.15) is 0 Å². The zero-order valence-electron chi connectivity index (χ0n) is 21.5. The van der Waals surface area contributed by atoms with Crippen LogP contribution >= 0.6 is 23.5 Å². The van der Waals surface area contributed by atoms with Crippen LogP contribution in [0, 0.1) is 17.8 Å². The Kier molecular flexibility index (Phi) is 5.37. The van der Waals surface area contributed by atoms with Gasteiger partial charge in [0.05, 0.1) is 4.08 Å². The van der Waals surface area contributed by atoms with Crippen LogP contribution in [0.25, 0.3) is 16.7 Å². The first-order valence-electron chi connectivity index (χ1n) is 13.8. The Morgan fingerprint density at radius 3 is 1.62 bits per heavy atom. The largest absolute Gasteiger partial charge is 0.294 e. The summed E-state index contributed by atoms with van der Waals surface area (Å²) in [7, 11) is 0. The van der Waals surface area contributed by atoms with E-state index in [1.807, 2.05) is 6.08 Å². The summed E-state index contributed by atoms with van der Waals surface area (Å²) in [6, 6.07) is 43.6. The van der Waals surface area contributed by atoms with E-state index < -0.39 is 5.41 Å². The molecule has 3 aliphatic carbocycles. The van der Waals surface area contributed by atoms with Crippen molar-refractivity contribution in [2.75, 3.05) is 11.5 Å². The minimum atomic E-state index is -0.418. The molecular weight excluding hydrogens is 513 g/mol. The van der Waals surface area contributed by atoms with Gasteiger partial charge in [-0.05, 0) is 45.0 Å². The lowest BCUT2D eigenvalue weighted by atomic mass is 9.57. The quantitative estimate of drug-likeness (QED) is 0.259. The Morgan fingerprint density at radius 1 is 0.564 bits per heavy atom. The van der Waals surface area contributed by atoms with Crippen molar-refractivity contribution in [3.05, 3.63) is 150 Å². The zero-order valence-corrected chi connectivity index (χ0v) is 23.1. The van der Waals surface area contributed by atoms with E-state index in [1.165, 1.54) is 39.0 Å². The number of hydrogen-bond acceptors (Lipinski definition) is 3.